The summed E-state index contributed by atoms with van der Waals surface area (Å²) in [4.78, 5) is 21.6. The Morgan fingerprint density at radius 1 is 1.33 bits per heavy atom. The first-order valence-corrected chi connectivity index (χ1v) is 8.83. The predicted molar refractivity (Wildman–Crippen MR) is 89.9 cm³/mol. The van der Waals surface area contributed by atoms with Crippen molar-refractivity contribution in [2.45, 2.75) is 57.5 Å². The van der Waals surface area contributed by atoms with Gasteiger partial charge in [-0.3, -0.25) is 9.69 Å². The molecule has 24 heavy (non-hydrogen) atoms. The highest BCUT2D eigenvalue weighted by Gasteiger charge is 2.33. The van der Waals surface area contributed by atoms with E-state index in [0.29, 0.717) is 12.0 Å². The largest absolute Gasteiger partial charge is 0.314 e. The lowest BCUT2D eigenvalue weighted by Gasteiger charge is -2.36. The second-order valence-corrected chi connectivity index (χ2v) is 7.11. The number of H-pyrrole nitrogens is 1. The third-order valence-corrected chi connectivity index (χ3v) is 5.19. The number of aromatic nitrogens is 5. The molecule has 2 aliphatic rings. The Kier molecular flexibility index (Phi) is 3.96. The average Bonchev–Trinajstić information content (AvgIpc) is 3.30. The molecule has 4 rings (SSSR count). The molecule has 0 aromatic carbocycles. The first-order chi connectivity index (χ1) is 11.6. The molecule has 2 aromatic heterocycles. The van der Waals surface area contributed by atoms with E-state index in [9.17, 15) is 4.79 Å². The second-order valence-electron chi connectivity index (χ2n) is 7.11. The average molecular weight is 328 g/mol. The standard InChI is InChI=1S/C17H24N6O/c1-11-8-15(24)20-16(19-11)12(2)22-7-3-4-13(9-22)17-21-18-10-23(17)14-5-6-14/h8,10,12-14H,3-7,9H2,1-2H3,(H,19,20,24). The molecule has 7 nitrogen and oxygen atoms in total. The van der Waals surface area contributed by atoms with Crippen molar-refractivity contribution in [3.8, 4) is 0 Å². The van der Waals surface area contributed by atoms with Crippen molar-refractivity contribution in [1.82, 2.24) is 29.6 Å². The van der Waals surface area contributed by atoms with Crippen LogP contribution >= 0.6 is 0 Å². The molecule has 128 valence electrons. The number of hydrogen-bond acceptors (Lipinski definition) is 5. The van der Waals surface area contributed by atoms with E-state index in [4.69, 9.17) is 0 Å². The Morgan fingerprint density at radius 2 is 2.17 bits per heavy atom. The van der Waals surface area contributed by atoms with Crippen molar-refractivity contribution >= 4 is 0 Å². The van der Waals surface area contributed by atoms with Gasteiger partial charge >= 0.3 is 0 Å². The molecule has 0 amide bonds. The molecule has 1 aliphatic heterocycles. The van der Waals surface area contributed by atoms with E-state index in [-0.39, 0.29) is 11.6 Å². The lowest BCUT2D eigenvalue weighted by Crippen LogP contribution is -2.38. The first-order valence-electron chi connectivity index (χ1n) is 8.83. The maximum absolute atomic E-state index is 11.7. The van der Waals surface area contributed by atoms with Gasteiger partial charge in [0.15, 0.2) is 0 Å². The molecule has 2 atom stereocenters. The van der Waals surface area contributed by atoms with Crippen molar-refractivity contribution in [3.63, 3.8) is 0 Å². The summed E-state index contributed by atoms with van der Waals surface area (Å²) in [5.41, 5.74) is 0.689. The molecule has 3 heterocycles. The maximum Gasteiger partial charge on any atom is 0.251 e. The van der Waals surface area contributed by atoms with E-state index in [2.05, 4.69) is 36.6 Å². The van der Waals surface area contributed by atoms with Crippen molar-refractivity contribution in [2.24, 2.45) is 0 Å². The monoisotopic (exact) mass is 328 g/mol. The molecule has 2 fully saturated rings. The molecule has 1 saturated carbocycles. The number of aromatic amines is 1. The topological polar surface area (TPSA) is 79.7 Å². The Morgan fingerprint density at radius 3 is 2.92 bits per heavy atom. The summed E-state index contributed by atoms with van der Waals surface area (Å²) in [5, 5.41) is 8.55. The van der Waals surface area contributed by atoms with Crippen LogP contribution in [0.4, 0.5) is 0 Å². The van der Waals surface area contributed by atoms with Gasteiger partial charge in [0.1, 0.15) is 18.0 Å². The van der Waals surface area contributed by atoms with E-state index in [1.165, 1.54) is 18.9 Å². The van der Waals surface area contributed by atoms with Crippen LogP contribution in [-0.2, 0) is 0 Å². The summed E-state index contributed by atoms with van der Waals surface area (Å²) in [7, 11) is 0. The molecule has 1 N–H and O–H groups in total. The smallest absolute Gasteiger partial charge is 0.251 e. The van der Waals surface area contributed by atoms with Gasteiger partial charge < -0.3 is 9.55 Å². The van der Waals surface area contributed by atoms with E-state index < -0.39 is 0 Å². The quantitative estimate of drug-likeness (QED) is 0.928. The molecule has 1 aliphatic carbocycles. The summed E-state index contributed by atoms with van der Waals surface area (Å²) in [6.07, 6.45) is 6.64. The van der Waals surface area contributed by atoms with Gasteiger partial charge in [0.05, 0.1) is 6.04 Å². The Bertz CT molecular complexity index is 777. The summed E-state index contributed by atoms with van der Waals surface area (Å²) < 4.78 is 2.27. The van der Waals surface area contributed by atoms with Crippen LogP contribution < -0.4 is 5.56 Å². The Hall–Kier alpha value is -2.02. The predicted octanol–water partition coefficient (Wildman–Crippen LogP) is 1.95. The zero-order valence-corrected chi connectivity index (χ0v) is 14.3. The molecule has 0 bridgehead atoms. The van der Waals surface area contributed by atoms with Crippen LogP contribution in [-0.4, -0.2) is 42.7 Å². The number of nitrogens with one attached hydrogen (secondary N) is 1. The normalized spacial score (nSPS) is 23.3. The van der Waals surface area contributed by atoms with Crippen molar-refractivity contribution < 1.29 is 0 Å². The molecular formula is C17H24N6O. The van der Waals surface area contributed by atoms with Gasteiger partial charge in [-0.05, 0) is 46.1 Å². The minimum Gasteiger partial charge on any atom is -0.314 e. The van der Waals surface area contributed by atoms with E-state index in [1.54, 1.807) is 0 Å². The van der Waals surface area contributed by atoms with Crippen LogP contribution in [0.1, 0.15) is 68.0 Å². The minimum atomic E-state index is -0.0774. The van der Waals surface area contributed by atoms with Crippen LogP contribution in [0, 0.1) is 6.92 Å². The third-order valence-electron chi connectivity index (χ3n) is 5.19. The van der Waals surface area contributed by atoms with Gasteiger partial charge in [0.25, 0.3) is 5.56 Å². The summed E-state index contributed by atoms with van der Waals surface area (Å²) in [6, 6.07) is 2.24. The number of rotatable bonds is 4. The molecule has 1 saturated heterocycles. The fourth-order valence-corrected chi connectivity index (χ4v) is 3.72. The van der Waals surface area contributed by atoms with Crippen LogP contribution in [0.3, 0.4) is 0 Å². The lowest BCUT2D eigenvalue weighted by atomic mass is 9.95. The van der Waals surface area contributed by atoms with Crippen LogP contribution in [0.2, 0.25) is 0 Å². The zero-order valence-electron chi connectivity index (χ0n) is 14.3. The van der Waals surface area contributed by atoms with E-state index >= 15 is 0 Å². The SMILES string of the molecule is Cc1cc(=O)[nH]c(C(C)N2CCCC(c3nncn3C3CC3)C2)n1. The number of hydrogen-bond donors (Lipinski definition) is 1. The highest BCUT2D eigenvalue weighted by molar-refractivity contribution is 5.07. The summed E-state index contributed by atoms with van der Waals surface area (Å²) in [5.74, 6) is 2.28. The number of piperidine rings is 1. The van der Waals surface area contributed by atoms with Gasteiger partial charge in [0, 0.05) is 30.3 Å². The highest BCUT2D eigenvalue weighted by atomic mass is 16.1. The van der Waals surface area contributed by atoms with Crippen LogP contribution in [0.15, 0.2) is 17.2 Å². The molecule has 2 aromatic rings. The van der Waals surface area contributed by atoms with Crippen molar-refractivity contribution in [2.75, 3.05) is 13.1 Å². The number of aryl methyl sites for hydroxylation is 1. The zero-order chi connectivity index (χ0) is 16.7. The van der Waals surface area contributed by atoms with Crippen LogP contribution in [0.5, 0.6) is 0 Å². The van der Waals surface area contributed by atoms with Gasteiger partial charge in [-0.15, -0.1) is 10.2 Å². The van der Waals surface area contributed by atoms with Gasteiger partial charge in [0.2, 0.25) is 0 Å². The van der Waals surface area contributed by atoms with Gasteiger partial charge in [-0.25, -0.2) is 4.98 Å². The third kappa shape index (κ3) is 3.00. The molecular weight excluding hydrogens is 304 g/mol. The fourth-order valence-electron chi connectivity index (χ4n) is 3.72. The minimum absolute atomic E-state index is 0.0774. The van der Waals surface area contributed by atoms with E-state index in [0.717, 1.165) is 43.3 Å². The van der Waals surface area contributed by atoms with Gasteiger partial charge in [-0.1, -0.05) is 0 Å². The Balaban J connectivity index is 1.53. The van der Waals surface area contributed by atoms with Crippen molar-refractivity contribution in [1.29, 1.82) is 0 Å². The highest BCUT2D eigenvalue weighted by Crippen LogP contribution is 2.38. The maximum atomic E-state index is 11.7. The summed E-state index contributed by atoms with van der Waals surface area (Å²) >= 11 is 0. The van der Waals surface area contributed by atoms with Crippen LogP contribution in [0.25, 0.3) is 0 Å². The first kappa shape index (κ1) is 15.5. The lowest BCUT2D eigenvalue weighted by molar-refractivity contribution is 0.148. The molecule has 7 heteroatoms. The number of likely N-dealkylation sites (tertiary alicyclic amines) is 1. The number of nitrogens with zero attached hydrogens (tertiary/aromatic N) is 5. The second kappa shape index (κ2) is 6.12. The Labute approximate surface area is 141 Å². The molecule has 0 radical (unpaired) electrons. The molecule has 2 unspecified atom stereocenters. The molecule has 0 spiro atoms. The van der Waals surface area contributed by atoms with E-state index in [1.807, 2.05) is 13.3 Å². The fraction of sp³-hybridized carbons (Fsp3) is 0.647. The summed E-state index contributed by atoms with van der Waals surface area (Å²) in [6.45, 7) is 5.94. The van der Waals surface area contributed by atoms with Crippen molar-refractivity contribution in [3.05, 3.63) is 40.1 Å². The van der Waals surface area contributed by atoms with Gasteiger partial charge in [-0.2, -0.15) is 0 Å².